The monoisotopic (exact) mass is 1340 g/mol. The van der Waals surface area contributed by atoms with Gasteiger partial charge in [0.15, 0.2) is 17.9 Å². The number of benzene rings is 2. The van der Waals surface area contributed by atoms with Crippen LogP contribution in [0.2, 0.25) is 0 Å². The summed E-state index contributed by atoms with van der Waals surface area (Å²) in [6.45, 7) is 10.2. The van der Waals surface area contributed by atoms with Crippen molar-refractivity contribution in [2.24, 2.45) is 0 Å². The minimum absolute atomic E-state index is 0.00269. The lowest BCUT2D eigenvalue weighted by Crippen LogP contribution is -2.56. The molecule has 30 heteroatoms. The zero-order chi connectivity index (χ0) is 65.8. The molecule has 514 valence electrons. The Balaban J connectivity index is 0.679. The molecular weight excluding hydrogens is 1250 g/mol. The van der Waals surface area contributed by atoms with Crippen molar-refractivity contribution < 1.29 is 121 Å². The number of carbonyl (C=O) groups excluding carboxylic acids is 5. The predicted molar refractivity (Wildman–Crippen MR) is 330 cm³/mol. The van der Waals surface area contributed by atoms with Gasteiger partial charge >= 0.3 is 0 Å². The Labute approximate surface area is 542 Å². The third-order valence-corrected chi connectivity index (χ3v) is 16.7. The van der Waals surface area contributed by atoms with E-state index in [1.807, 2.05) is 18.2 Å². The van der Waals surface area contributed by atoms with Crippen molar-refractivity contribution in [2.75, 3.05) is 185 Å². The quantitative estimate of drug-likeness (QED) is 0.0189. The maximum atomic E-state index is 14.0. The molecule has 2 heterocycles. The van der Waals surface area contributed by atoms with Crippen LogP contribution in [0, 0.1) is 0 Å². The van der Waals surface area contributed by atoms with Gasteiger partial charge in [-0.05, 0) is 35.9 Å². The highest BCUT2D eigenvalue weighted by Crippen LogP contribution is 2.52. The fourth-order valence-electron chi connectivity index (χ4n) is 9.81. The summed E-state index contributed by atoms with van der Waals surface area (Å²) in [4.78, 5) is 70.1. The first kappa shape index (κ1) is 76.0. The summed E-state index contributed by atoms with van der Waals surface area (Å²) in [5.41, 5.74) is -4.09. The zero-order valence-corrected chi connectivity index (χ0v) is 53.9. The van der Waals surface area contributed by atoms with E-state index in [1.165, 1.54) is 32.2 Å². The number of hydrogen-bond acceptors (Lipinski definition) is 28. The maximum absolute atomic E-state index is 14.0. The Morgan fingerprint density at radius 3 is 1.65 bits per heavy atom. The number of aromatic hydroxyl groups is 2. The molecule has 1 unspecified atom stereocenters. The van der Waals surface area contributed by atoms with Gasteiger partial charge in [0.25, 0.3) is 0 Å². The van der Waals surface area contributed by atoms with Crippen LogP contribution < -0.4 is 15.4 Å². The number of ketones is 3. The molecule has 2 aromatic carbocycles. The molecule has 3 aliphatic rings. The van der Waals surface area contributed by atoms with E-state index in [0.29, 0.717) is 157 Å². The molecule has 6 atom stereocenters. The van der Waals surface area contributed by atoms with E-state index < -0.39 is 102 Å². The second kappa shape index (κ2) is 43.1. The number of aliphatic hydroxyl groups excluding tert-OH is 2. The molecule has 0 saturated carbocycles. The number of methoxy groups -OCH3 is 1. The van der Waals surface area contributed by atoms with Gasteiger partial charge in [-0.1, -0.05) is 29.0 Å². The summed E-state index contributed by atoms with van der Waals surface area (Å²) in [5.74, 6) is -3.86. The number of amides is 2. The molecule has 92 heavy (non-hydrogen) atoms. The molecule has 0 bridgehead atoms. The van der Waals surface area contributed by atoms with Crippen LogP contribution in [0.15, 0.2) is 47.6 Å². The number of hydrogen-bond donors (Lipinski definition) is 7. The number of nitrogens with one attached hydrogen (secondary N) is 2. The van der Waals surface area contributed by atoms with Crippen molar-refractivity contribution in [2.45, 2.75) is 80.3 Å². The van der Waals surface area contributed by atoms with Crippen molar-refractivity contribution in [1.29, 1.82) is 0 Å². The third-order valence-electron chi connectivity index (χ3n) is 14.4. The predicted octanol–water partition coefficient (Wildman–Crippen LogP) is 2.09. The number of aliphatic hydroxyl groups is 3. The third kappa shape index (κ3) is 25.3. The van der Waals surface area contributed by atoms with Gasteiger partial charge in [0.2, 0.25) is 17.6 Å². The van der Waals surface area contributed by atoms with Gasteiger partial charge in [-0.3, -0.25) is 24.0 Å². The number of ether oxygens (including phenoxy) is 15. The van der Waals surface area contributed by atoms with Gasteiger partial charge in [0.1, 0.15) is 40.6 Å². The summed E-state index contributed by atoms with van der Waals surface area (Å²) < 4.78 is 83.8. The van der Waals surface area contributed by atoms with E-state index in [9.17, 15) is 49.5 Å². The molecule has 2 aliphatic carbocycles. The highest BCUT2D eigenvalue weighted by Gasteiger charge is 2.50. The number of phenolic OH excluding ortho intramolecular Hbond substituents is 2. The van der Waals surface area contributed by atoms with Crippen LogP contribution in [0.3, 0.4) is 0 Å². The first-order valence-corrected chi connectivity index (χ1v) is 33.0. The molecule has 0 spiro atoms. The van der Waals surface area contributed by atoms with Crippen LogP contribution in [0.25, 0.3) is 0 Å². The minimum Gasteiger partial charge on any atom is -0.507 e. The summed E-state index contributed by atoms with van der Waals surface area (Å²) in [7, 11) is 4.46. The van der Waals surface area contributed by atoms with E-state index in [4.69, 9.17) is 71.1 Å². The first-order valence-electron chi connectivity index (χ1n) is 30.7. The lowest BCUT2D eigenvalue weighted by molar-refractivity contribution is -0.249. The zero-order valence-electron chi connectivity index (χ0n) is 52.2. The standard InChI is InChI=1S/C62H89N3O25S2/c1-42-57(70)45(38-52(89-42)90-47-40-62(75,48(67)41-66)39-44-54(47)61(74)56-55(59(44)72)58(71)43-6-5-7-46(76-2)53(43)60(56)73)65-50(69)9-13-77-15-17-79-19-21-81-23-25-83-27-29-85-31-33-87-35-36-88-34-32-86-30-28-84-26-24-82-22-20-80-18-16-78-14-12-63-49(68)10-37-91-92-51-8-3-4-11-64-51/h3-8,11,42,45,47,52,57,66,70,72,74-75H,9-10,12-41H2,1-2H3,(H,63,68)(H,65,69)/t42-,45+,47+,52?,57-,62+/m1/s1. The number of rotatable bonds is 50. The molecule has 7 N–H and O–H groups in total. The van der Waals surface area contributed by atoms with Crippen molar-refractivity contribution in [3.8, 4) is 17.2 Å². The van der Waals surface area contributed by atoms with Crippen LogP contribution in [-0.4, -0.2) is 274 Å². The molecule has 6 rings (SSSR count). The molecular formula is C62H89N3O25S2. The Morgan fingerprint density at radius 2 is 1.15 bits per heavy atom. The average Bonchev–Trinajstić information content (AvgIpc) is 0.713. The van der Waals surface area contributed by atoms with Crippen LogP contribution in [0.1, 0.15) is 81.7 Å². The van der Waals surface area contributed by atoms with Gasteiger partial charge < -0.3 is 107 Å². The van der Waals surface area contributed by atoms with E-state index in [-0.39, 0.29) is 66.6 Å². The number of carbonyl (C=O) groups is 5. The maximum Gasteiger partial charge on any atom is 0.222 e. The second-order valence-electron chi connectivity index (χ2n) is 20.9. The molecule has 1 aromatic heterocycles. The van der Waals surface area contributed by atoms with Crippen molar-refractivity contribution in [3.05, 3.63) is 76.0 Å². The average molecular weight is 1340 g/mol. The van der Waals surface area contributed by atoms with Crippen LogP contribution in [-0.2, 0) is 87.1 Å². The summed E-state index contributed by atoms with van der Waals surface area (Å²) in [6, 6.07) is 9.13. The van der Waals surface area contributed by atoms with E-state index >= 15 is 0 Å². The highest BCUT2D eigenvalue weighted by molar-refractivity contribution is 8.76. The van der Waals surface area contributed by atoms with Gasteiger partial charge in [0.05, 0.1) is 201 Å². The Hall–Kier alpha value is -5.04. The number of fused-ring (bicyclic) bond motifs is 3. The van der Waals surface area contributed by atoms with Crippen LogP contribution >= 0.6 is 21.6 Å². The summed E-state index contributed by atoms with van der Waals surface area (Å²) in [5, 5.41) is 62.5. The smallest absolute Gasteiger partial charge is 0.222 e. The summed E-state index contributed by atoms with van der Waals surface area (Å²) in [6.07, 6.45) is -4.10. The Morgan fingerprint density at radius 1 is 0.641 bits per heavy atom. The van der Waals surface area contributed by atoms with Crippen LogP contribution in [0.4, 0.5) is 0 Å². The SMILES string of the molecule is COc1cccc2c1C(=O)c1c(O)c3c(c(O)c1C2=O)C[C@@](O)(C(=O)CO)C[C@@H]3OC1C[C@H](NC(=O)CCOCCOCCOCCOCCOCCOCCOCCOCCOCCOCCOCCOCCNC(=O)CCSSc2ccccn2)[C@H](O)[C@@H](C)O1. The van der Waals surface area contributed by atoms with Crippen molar-refractivity contribution >= 4 is 50.8 Å². The normalized spacial score (nSPS) is 19.3. The molecule has 1 fully saturated rings. The van der Waals surface area contributed by atoms with E-state index in [1.54, 1.807) is 27.8 Å². The topological polar surface area (TPSA) is 362 Å². The van der Waals surface area contributed by atoms with Crippen molar-refractivity contribution in [3.63, 3.8) is 0 Å². The number of nitrogens with zero attached hydrogens (tertiary/aromatic N) is 1. The molecule has 2 amide bonds. The molecule has 3 aromatic rings. The highest BCUT2D eigenvalue weighted by atomic mass is 33.1. The second-order valence-corrected chi connectivity index (χ2v) is 23.4. The fourth-order valence-corrected chi connectivity index (χ4v) is 11.7. The van der Waals surface area contributed by atoms with Gasteiger partial charge in [-0.25, -0.2) is 4.98 Å². The van der Waals surface area contributed by atoms with Gasteiger partial charge in [-0.15, -0.1) is 0 Å². The molecule has 1 saturated heterocycles. The van der Waals surface area contributed by atoms with E-state index in [0.717, 1.165) is 5.03 Å². The van der Waals surface area contributed by atoms with Crippen molar-refractivity contribution in [1.82, 2.24) is 15.6 Å². The molecule has 1 aliphatic heterocycles. The lowest BCUT2D eigenvalue weighted by atomic mass is 9.72. The van der Waals surface area contributed by atoms with Crippen LogP contribution in [0.5, 0.6) is 17.2 Å². The Bertz CT molecular complexity index is 2700. The largest absolute Gasteiger partial charge is 0.507 e. The number of phenols is 2. The first-order chi connectivity index (χ1) is 44.8. The fraction of sp³-hybridized carbons (Fsp3) is 0.645. The van der Waals surface area contributed by atoms with Gasteiger partial charge in [-0.2, -0.15) is 0 Å². The molecule has 28 nitrogen and oxygen atoms in total. The van der Waals surface area contributed by atoms with Gasteiger partial charge in [0, 0.05) is 67.3 Å². The minimum atomic E-state index is -2.36. The molecule has 0 radical (unpaired) electrons. The number of aromatic nitrogens is 1. The Kier molecular flexibility index (Phi) is 35.6. The summed E-state index contributed by atoms with van der Waals surface area (Å²) >= 11 is 0. The lowest BCUT2D eigenvalue weighted by Gasteiger charge is -2.43. The number of pyridine rings is 1. The number of Topliss-reactive ketones (excluding diaryl/α,β-unsaturated/α-hetero) is 1. The van der Waals surface area contributed by atoms with E-state index in [2.05, 4.69) is 15.6 Å².